The maximum Gasteiger partial charge on any atom is 0.295 e. The molecule has 0 aromatic heterocycles. The van der Waals surface area contributed by atoms with Crippen LogP contribution in [0.1, 0.15) is 18.4 Å². The number of nitro groups is 1. The van der Waals surface area contributed by atoms with Crippen molar-refractivity contribution in [3.63, 3.8) is 0 Å². The minimum Gasteiger partial charge on any atom is -0.377 e. The third kappa shape index (κ3) is 2.87. The third-order valence-corrected chi connectivity index (χ3v) is 4.55. The second-order valence-corrected chi connectivity index (χ2v) is 6.19. The zero-order valence-electron chi connectivity index (χ0n) is 10.2. The van der Waals surface area contributed by atoms with Crippen LogP contribution in [0.2, 0.25) is 0 Å². The number of nitro benzene ring substituents is 1. The van der Waals surface area contributed by atoms with Crippen molar-refractivity contribution >= 4 is 22.2 Å². The lowest BCUT2D eigenvalue weighted by molar-refractivity contribution is -0.384. The second kappa shape index (κ2) is 5.48. The predicted octanol–water partition coefficient (Wildman–Crippen LogP) is 2.23. The number of rotatable bonds is 3. The maximum atomic E-state index is 11.3. The first-order chi connectivity index (χ1) is 8.58. The van der Waals surface area contributed by atoms with E-state index in [2.05, 4.69) is 5.32 Å². The van der Waals surface area contributed by atoms with Gasteiger partial charge < -0.3 is 5.32 Å². The van der Waals surface area contributed by atoms with E-state index in [1.54, 1.807) is 19.1 Å². The molecule has 1 N–H and O–H groups in total. The number of benzene rings is 1. The summed E-state index contributed by atoms with van der Waals surface area (Å²) in [5, 5.41) is 14.3. The fraction of sp³-hybridized carbons (Fsp3) is 0.500. The molecule has 98 valence electrons. The molecule has 1 heterocycles. The SMILES string of the molecule is Cc1cccc(NC2CCS(=O)CC2)c1[N+](=O)[O-]. The minimum absolute atomic E-state index is 0.143. The summed E-state index contributed by atoms with van der Waals surface area (Å²) < 4.78 is 11.3. The Morgan fingerprint density at radius 2 is 2.06 bits per heavy atom. The van der Waals surface area contributed by atoms with Crippen LogP contribution in [0.3, 0.4) is 0 Å². The van der Waals surface area contributed by atoms with E-state index in [0.717, 1.165) is 12.8 Å². The van der Waals surface area contributed by atoms with E-state index in [9.17, 15) is 14.3 Å². The molecule has 0 unspecified atom stereocenters. The van der Waals surface area contributed by atoms with Gasteiger partial charge in [0.05, 0.1) is 4.92 Å². The molecule has 1 saturated heterocycles. The molecule has 1 aromatic carbocycles. The lowest BCUT2D eigenvalue weighted by Gasteiger charge is -2.23. The van der Waals surface area contributed by atoms with E-state index >= 15 is 0 Å². The molecule has 1 aliphatic rings. The van der Waals surface area contributed by atoms with Gasteiger partial charge in [0.25, 0.3) is 5.69 Å². The van der Waals surface area contributed by atoms with Gasteiger partial charge in [0.15, 0.2) is 0 Å². The molecule has 1 aromatic rings. The van der Waals surface area contributed by atoms with Gasteiger partial charge in [-0.25, -0.2) is 0 Å². The molecule has 6 heteroatoms. The van der Waals surface area contributed by atoms with Gasteiger partial charge in [0.2, 0.25) is 0 Å². The number of hydrogen-bond acceptors (Lipinski definition) is 4. The molecule has 18 heavy (non-hydrogen) atoms. The molecule has 0 saturated carbocycles. The smallest absolute Gasteiger partial charge is 0.295 e. The van der Waals surface area contributed by atoms with E-state index in [1.165, 1.54) is 0 Å². The van der Waals surface area contributed by atoms with Crippen LogP contribution in [-0.4, -0.2) is 26.7 Å². The number of hydrogen-bond donors (Lipinski definition) is 1. The van der Waals surface area contributed by atoms with Crippen LogP contribution in [0.5, 0.6) is 0 Å². The average Bonchev–Trinajstić information content (AvgIpc) is 2.32. The molecule has 0 spiro atoms. The highest BCUT2D eigenvalue weighted by atomic mass is 32.2. The zero-order valence-corrected chi connectivity index (χ0v) is 11.0. The summed E-state index contributed by atoms with van der Waals surface area (Å²) in [6.45, 7) is 1.74. The number of nitrogens with one attached hydrogen (secondary N) is 1. The first-order valence-electron chi connectivity index (χ1n) is 5.93. The largest absolute Gasteiger partial charge is 0.377 e. The molecular formula is C12H16N2O3S. The van der Waals surface area contributed by atoms with Crippen molar-refractivity contribution in [3.05, 3.63) is 33.9 Å². The Labute approximate surface area is 108 Å². The summed E-state index contributed by atoms with van der Waals surface area (Å²) in [7, 11) is -0.711. The van der Waals surface area contributed by atoms with E-state index in [-0.39, 0.29) is 16.7 Å². The van der Waals surface area contributed by atoms with Crippen LogP contribution < -0.4 is 5.32 Å². The molecule has 0 amide bonds. The van der Waals surface area contributed by atoms with Gasteiger partial charge in [-0.3, -0.25) is 14.3 Å². The molecule has 0 bridgehead atoms. The van der Waals surface area contributed by atoms with Crippen molar-refractivity contribution in [3.8, 4) is 0 Å². The van der Waals surface area contributed by atoms with E-state index in [4.69, 9.17) is 0 Å². The van der Waals surface area contributed by atoms with Crippen molar-refractivity contribution in [2.45, 2.75) is 25.8 Å². The Bertz CT molecular complexity index is 480. The van der Waals surface area contributed by atoms with Crippen LogP contribution in [0.15, 0.2) is 18.2 Å². The van der Waals surface area contributed by atoms with Gasteiger partial charge in [-0.2, -0.15) is 0 Å². The summed E-state index contributed by atoms with van der Waals surface area (Å²) in [4.78, 5) is 10.7. The van der Waals surface area contributed by atoms with Gasteiger partial charge in [-0.05, 0) is 25.8 Å². The molecule has 0 aliphatic carbocycles. The fourth-order valence-electron chi connectivity index (χ4n) is 2.18. The minimum atomic E-state index is -0.711. The zero-order chi connectivity index (χ0) is 13.1. The molecular weight excluding hydrogens is 252 g/mol. The van der Waals surface area contributed by atoms with Gasteiger partial charge in [0, 0.05) is 33.9 Å². The Balaban J connectivity index is 2.16. The third-order valence-electron chi connectivity index (χ3n) is 3.17. The number of para-hydroxylation sites is 1. The van der Waals surface area contributed by atoms with Gasteiger partial charge in [-0.15, -0.1) is 0 Å². The lowest BCUT2D eigenvalue weighted by Crippen LogP contribution is -2.29. The Morgan fingerprint density at radius 3 is 2.67 bits per heavy atom. The average molecular weight is 268 g/mol. The van der Waals surface area contributed by atoms with Crippen LogP contribution in [0, 0.1) is 17.0 Å². The second-order valence-electron chi connectivity index (χ2n) is 4.49. The van der Waals surface area contributed by atoms with Gasteiger partial charge >= 0.3 is 0 Å². The van der Waals surface area contributed by atoms with Gasteiger partial charge in [0.1, 0.15) is 5.69 Å². The summed E-state index contributed by atoms with van der Waals surface area (Å²) >= 11 is 0. The first-order valence-corrected chi connectivity index (χ1v) is 7.42. The number of aryl methyl sites for hydroxylation is 1. The number of nitrogens with zero attached hydrogens (tertiary/aromatic N) is 1. The summed E-state index contributed by atoms with van der Waals surface area (Å²) in [6.07, 6.45) is 1.61. The molecule has 5 nitrogen and oxygen atoms in total. The topological polar surface area (TPSA) is 72.2 Å². The summed E-state index contributed by atoms with van der Waals surface area (Å²) in [6, 6.07) is 5.46. The number of anilines is 1. The Morgan fingerprint density at radius 1 is 1.39 bits per heavy atom. The van der Waals surface area contributed by atoms with Crippen molar-refractivity contribution in [1.29, 1.82) is 0 Å². The van der Waals surface area contributed by atoms with Crippen molar-refractivity contribution in [1.82, 2.24) is 0 Å². The quantitative estimate of drug-likeness (QED) is 0.674. The highest BCUT2D eigenvalue weighted by Crippen LogP contribution is 2.29. The molecule has 0 radical (unpaired) electrons. The Kier molecular flexibility index (Phi) is 3.96. The highest BCUT2D eigenvalue weighted by Gasteiger charge is 2.22. The fourth-order valence-corrected chi connectivity index (χ4v) is 3.47. The summed E-state index contributed by atoms with van der Waals surface area (Å²) in [5.41, 5.74) is 1.37. The first kappa shape index (κ1) is 13.0. The van der Waals surface area contributed by atoms with Crippen LogP contribution >= 0.6 is 0 Å². The van der Waals surface area contributed by atoms with E-state index < -0.39 is 10.8 Å². The monoisotopic (exact) mass is 268 g/mol. The van der Waals surface area contributed by atoms with E-state index in [1.807, 2.05) is 6.07 Å². The molecule has 0 atom stereocenters. The molecule has 2 rings (SSSR count). The molecule has 1 fully saturated rings. The summed E-state index contributed by atoms with van der Waals surface area (Å²) in [5.74, 6) is 1.36. The van der Waals surface area contributed by atoms with Crippen molar-refractivity contribution < 1.29 is 9.13 Å². The Hall–Kier alpha value is -1.43. The predicted molar refractivity (Wildman–Crippen MR) is 72.4 cm³/mol. The standard InChI is InChI=1S/C12H16N2O3S/c1-9-3-2-4-11(12(9)14(15)16)13-10-5-7-18(17)8-6-10/h2-4,10,13H,5-8H2,1H3. The van der Waals surface area contributed by atoms with Crippen LogP contribution in [-0.2, 0) is 10.8 Å². The van der Waals surface area contributed by atoms with Crippen LogP contribution in [0.4, 0.5) is 11.4 Å². The highest BCUT2D eigenvalue weighted by molar-refractivity contribution is 7.85. The van der Waals surface area contributed by atoms with Crippen LogP contribution in [0.25, 0.3) is 0 Å². The van der Waals surface area contributed by atoms with Gasteiger partial charge in [-0.1, -0.05) is 12.1 Å². The lowest BCUT2D eigenvalue weighted by atomic mass is 10.1. The molecule has 1 aliphatic heterocycles. The van der Waals surface area contributed by atoms with Crippen molar-refractivity contribution in [2.24, 2.45) is 0 Å². The maximum absolute atomic E-state index is 11.3. The van der Waals surface area contributed by atoms with Crippen molar-refractivity contribution in [2.75, 3.05) is 16.8 Å². The van der Waals surface area contributed by atoms with E-state index in [0.29, 0.717) is 22.8 Å². The normalized spacial score (nSPS) is 23.6.